The maximum absolute atomic E-state index is 10.6. The molecule has 1 nitrogen and oxygen atoms in total. The van der Waals surface area contributed by atoms with Gasteiger partial charge in [-0.1, -0.05) is 25.7 Å². The molecule has 0 aromatic rings. The van der Waals surface area contributed by atoms with Gasteiger partial charge in [0.05, 0.1) is 6.10 Å². The third-order valence-corrected chi connectivity index (χ3v) is 7.12. The molecule has 4 fully saturated rings. The summed E-state index contributed by atoms with van der Waals surface area (Å²) in [6.07, 6.45) is 14.3. The lowest BCUT2D eigenvalue weighted by atomic mass is 9.53. The number of hydrogen-bond acceptors (Lipinski definition) is 1. The Morgan fingerprint density at radius 1 is 0.556 bits per heavy atom. The van der Waals surface area contributed by atoms with E-state index in [-0.39, 0.29) is 6.10 Å². The van der Waals surface area contributed by atoms with Crippen molar-refractivity contribution < 1.29 is 5.11 Å². The largest absolute Gasteiger partial charge is 0.393 e. The summed E-state index contributed by atoms with van der Waals surface area (Å²) in [4.78, 5) is 0. The van der Waals surface area contributed by atoms with Crippen LogP contribution in [-0.2, 0) is 0 Å². The summed E-state index contributed by atoms with van der Waals surface area (Å²) in [5.41, 5.74) is 0. The zero-order chi connectivity index (χ0) is 12.1. The van der Waals surface area contributed by atoms with Gasteiger partial charge in [0.25, 0.3) is 0 Å². The highest BCUT2D eigenvalue weighted by molar-refractivity contribution is 5.00. The van der Waals surface area contributed by atoms with Gasteiger partial charge in [0.2, 0.25) is 0 Å². The fourth-order valence-corrected chi connectivity index (χ4v) is 6.46. The molecule has 1 heteroatoms. The molecule has 0 amide bonds. The maximum atomic E-state index is 10.6. The van der Waals surface area contributed by atoms with Crippen molar-refractivity contribution in [2.45, 2.75) is 70.3 Å². The predicted molar refractivity (Wildman–Crippen MR) is 73.1 cm³/mol. The number of aliphatic hydroxyl groups excluding tert-OH is 1. The van der Waals surface area contributed by atoms with Crippen LogP contribution in [0.1, 0.15) is 64.2 Å². The van der Waals surface area contributed by atoms with Gasteiger partial charge in [-0.3, -0.25) is 0 Å². The Hall–Kier alpha value is -0.0400. The monoisotopic (exact) mass is 248 g/mol. The van der Waals surface area contributed by atoms with Gasteiger partial charge >= 0.3 is 0 Å². The molecule has 7 atom stereocenters. The maximum Gasteiger partial charge on any atom is 0.0574 e. The molecule has 0 heterocycles. The Labute approximate surface area is 111 Å². The Morgan fingerprint density at radius 2 is 1.28 bits per heavy atom. The molecule has 1 unspecified atom stereocenters. The van der Waals surface area contributed by atoms with Crippen LogP contribution in [-0.4, -0.2) is 11.2 Å². The predicted octanol–water partition coefficient (Wildman–Crippen LogP) is 4.00. The van der Waals surface area contributed by atoms with Crippen molar-refractivity contribution in [3.63, 3.8) is 0 Å². The van der Waals surface area contributed by atoms with Gasteiger partial charge in [0.1, 0.15) is 0 Å². The molecule has 0 aromatic carbocycles. The van der Waals surface area contributed by atoms with Gasteiger partial charge in [-0.05, 0) is 74.0 Å². The highest BCUT2D eigenvalue weighted by Gasteiger charge is 2.51. The summed E-state index contributed by atoms with van der Waals surface area (Å²) in [5, 5.41) is 10.6. The minimum absolute atomic E-state index is 0.0518. The fourth-order valence-electron chi connectivity index (χ4n) is 6.46. The van der Waals surface area contributed by atoms with Crippen LogP contribution in [0.15, 0.2) is 0 Å². The second-order valence-corrected chi connectivity index (χ2v) is 7.68. The van der Waals surface area contributed by atoms with Crippen molar-refractivity contribution in [2.75, 3.05) is 0 Å². The average molecular weight is 248 g/mol. The molecule has 0 aliphatic heterocycles. The third kappa shape index (κ3) is 1.69. The summed E-state index contributed by atoms with van der Waals surface area (Å²) < 4.78 is 0. The van der Waals surface area contributed by atoms with Crippen LogP contribution in [0.25, 0.3) is 0 Å². The van der Waals surface area contributed by atoms with E-state index < -0.39 is 0 Å². The molecule has 0 bridgehead atoms. The molecular weight excluding hydrogens is 220 g/mol. The van der Waals surface area contributed by atoms with E-state index in [4.69, 9.17) is 0 Å². The van der Waals surface area contributed by atoms with E-state index in [1.807, 2.05) is 0 Å². The highest BCUT2D eigenvalue weighted by atomic mass is 16.3. The van der Waals surface area contributed by atoms with E-state index >= 15 is 0 Å². The van der Waals surface area contributed by atoms with Crippen molar-refractivity contribution in [1.29, 1.82) is 0 Å². The molecule has 18 heavy (non-hydrogen) atoms. The van der Waals surface area contributed by atoms with E-state index in [1.165, 1.54) is 57.8 Å². The number of aliphatic hydroxyl groups is 1. The lowest BCUT2D eigenvalue weighted by molar-refractivity contribution is -0.0893. The van der Waals surface area contributed by atoms with Crippen LogP contribution in [0, 0.1) is 35.5 Å². The lowest BCUT2D eigenvalue weighted by Gasteiger charge is -2.53. The second-order valence-electron chi connectivity index (χ2n) is 7.68. The van der Waals surface area contributed by atoms with E-state index in [0.29, 0.717) is 5.92 Å². The summed E-state index contributed by atoms with van der Waals surface area (Å²) in [7, 11) is 0. The average Bonchev–Trinajstić information content (AvgIpc) is 2.88. The minimum Gasteiger partial charge on any atom is -0.393 e. The van der Waals surface area contributed by atoms with Crippen LogP contribution < -0.4 is 0 Å². The molecule has 4 saturated carbocycles. The summed E-state index contributed by atoms with van der Waals surface area (Å²) >= 11 is 0. The van der Waals surface area contributed by atoms with Gasteiger partial charge < -0.3 is 5.11 Å². The highest BCUT2D eigenvalue weighted by Crippen LogP contribution is 2.57. The molecule has 0 aromatic heterocycles. The Morgan fingerprint density at radius 3 is 2.17 bits per heavy atom. The van der Waals surface area contributed by atoms with Gasteiger partial charge in [-0.15, -0.1) is 0 Å². The van der Waals surface area contributed by atoms with Crippen LogP contribution in [0.4, 0.5) is 0 Å². The number of rotatable bonds is 0. The lowest BCUT2D eigenvalue weighted by Crippen LogP contribution is -2.49. The molecular formula is C17H28O. The normalized spacial score (nSPS) is 55.5. The third-order valence-electron chi connectivity index (χ3n) is 7.12. The van der Waals surface area contributed by atoms with Gasteiger partial charge in [-0.25, -0.2) is 0 Å². The first kappa shape index (κ1) is 11.8. The first-order valence-corrected chi connectivity index (χ1v) is 8.52. The van der Waals surface area contributed by atoms with Crippen molar-refractivity contribution >= 4 is 0 Å². The van der Waals surface area contributed by atoms with Gasteiger partial charge in [0.15, 0.2) is 0 Å². The van der Waals surface area contributed by atoms with E-state index in [1.54, 1.807) is 0 Å². The van der Waals surface area contributed by atoms with E-state index in [0.717, 1.165) is 36.0 Å². The van der Waals surface area contributed by atoms with Crippen LogP contribution in [0.2, 0.25) is 0 Å². The van der Waals surface area contributed by atoms with E-state index in [2.05, 4.69) is 0 Å². The topological polar surface area (TPSA) is 20.2 Å². The number of hydrogen-bond donors (Lipinski definition) is 1. The minimum atomic E-state index is 0.0518. The standard InChI is InChI=1S/C17H28O/c18-17-10-16-12-7-3-4-11(12)8-9-14(16)13-5-1-2-6-15(13)17/h11-18H,1-10H2/t11-,12+,13+,14+,15?,16-,17-/m0/s1. The SMILES string of the molecule is O[C@H]1C[C@H]2[C@@H]3CCC[C@H]3CC[C@@H]2[C@H]2CCCCC12. The quantitative estimate of drug-likeness (QED) is 0.687. The first-order valence-electron chi connectivity index (χ1n) is 8.52. The summed E-state index contributed by atoms with van der Waals surface area (Å²) in [6.45, 7) is 0. The zero-order valence-corrected chi connectivity index (χ0v) is 11.6. The molecule has 0 saturated heterocycles. The van der Waals surface area contributed by atoms with Crippen LogP contribution >= 0.6 is 0 Å². The summed E-state index contributed by atoms with van der Waals surface area (Å²) in [5.74, 6) is 5.52. The molecule has 1 N–H and O–H groups in total. The first-order chi connectivity index (χ1) is 8.84. The molecule has 4 rings (SSSR count). The fraction of sp³-hybridized carbons (Fsp3) is 1.00. The number of fused-ring (bicyclic) bond motifs is 5. The van der Waals surface area contributed by atoms with Crippen LogP contribution in [0.5, 0.6) is 0 Å². The van der Waals surface area contributed by atoms with Crippen molar-refractivity contribution in [2.24, 2.45) is 35.5 Å². The molecule has 0 radical (unpaired) electrons. The molecule has 4 aliphatic rings. The summed E-state index contributed by atoms with van der Waals surface area (Å²) in [6, 6.07) is 0. The van der Waals surface area contributed by atoms with Gasteiger partial charge in [0, 0.05) is 0 Å². The van der Waals surface area contributed by atoms with Crippen LogP contribution in [0.3, 0.4) is 0 Å². The second kappa shape index (κ2) is 4.51. The Bertz CT molecular complexity index is 313. The van der Waals surface area contributed by atoms with Crippen molar-refractivity contribution in [3.05, 3.63) is 0 Å². The van der Waals surface area contributed by atoms with Crippen molar-refractivity contribution in [3.8, 4) is 0 Å². The van der Waals surface area contributed by atoms with Gasteiger partial charge in [-0.2, -0.15) is 0 Å². The molecule has 4 aliphatic carbocycles. The molecule has 102 valence electrons. The van der Waals surface area contributed by atoms with E-state index in [9.17, 15) is 5.11 Å². The Kier molecular flexibility index (Phi) is 2.94. The molecule has 0 spiro atoms. The smallest absolute Gasteiger partial charge is 0.0574 e. The zero-order valence-electron chi connectivity index (χ0n) is 11.6. The van der Waals surface area contributed by atoms with Crippen molar-refractivity contribution in [1.82, 2.24) is 0 Å². The Balaban J connectivity index is 1.59.